The first-order valence-corrected chi connectivity index (χ1v) is 8.87. The number of aryl methyl sites for hydroxylation is 1. The number of fused-ring (bicyclic) bond motifs is 1. The van der Waals surface area contributed by atoms with Gasteiger partial charge in [0, 0.05) is 14.5 Å². The molecule has 1 heterocycles. The average molecular weight is 460 g/mol. The van der Waals surface area contributed by atoms with E-state index >= 15 is 0 Å². The van der Waals surface area contributed by atoms with Crippen molar-refractivity contribution in [1.82, 2.24) is 4.98 Å². The molecule has 3 rings (SSSR count). The van der Waals surface area contributed by atoms with Crippen LogP contribution in [0.4, 0.5) is 0 Å². The standard InChI is InChI=1S/C19H17IN4O2/c1-10-5-3-4-6-11(10)14-9-12(18(25)24-19(21)22)16-13(20)7-8-15(26-2)17(16)23-14/h3-9H,1-2H3,(H4,21,22,24,25). The van der Waals surface area contributed by atoms with Gasteiger partial charge in [0.1, 0.15) is 11.3 Å². The summed E-state index contributed by atoms with van der Waals surface area (Å²) in [7, 11) is 1.57. The number of nitrogens with zero attached hydrogens (tertiary/aromatic N) is 2. The summed E-state index contributed by atoms with van der Waals surface area (Å²) < 4.78 is 6.31. The smallest absolute Gasteiger partial charge is 0.280 e. The third kappa shape index (κ3) is 3.34. The fourth-order valence-corrected chi connectivity index (χ4v) is 3.51. The zero-order valence-electron chi connectivity index (χ0n) is 14.3. The molecule has 3 aromatic rings. The molecule has 0 bridgehead atoms. The Morgan fingerprint density at radius 2 is 1.92 bits per heavy atom. The Labute approximate surface area is 164 Å². The number of hydrogen-bond donors (Lipinski definition) is 2. The Kier molecular flexibility index (Phi) is 5.08. The van der Waals surface area contributed by atoms with Gasteiger partial charge in [0.25, 0.3) is 5.91 Å². The number of benzene rings is 2. The van der Waals surface area contributed by atoms with Crippen molar-refractivity contribution in [2.75, 3.05) is 7.11 Å². The number of carbonyl (C=O) groups excluding carboxylic acids is 1. The number of methoxy groups -OCH3 is 1. The Bertz CT molecular complexity index is 1040. The Hall–Kier alpha value is -2.68. The molecule has 0 saturated heterocycles. The van der Waals surface area contributed by atoms with E-state index in [0.717, 1.165) is 14.7 Å². The van der Waals surface area contributed by atoms with Crippen LogP contribution in [0.1, 0.15) is 15.9 Å². The maximum Gasteiger partial charge on any atom is 0.280 e. The zero-order chi connectivity index (χ0) is 18.8. The lowest BCUT2D eigenvalue weighted by Gasteiger charge is -2.13. The fraction of sp³-hybridized carbons (Fsp3) is 0.105. The number of amides is 1. The summed E-state index contributed by atoms with van der Waals surface area (Å²) in [6.45, 7) is 1.99. The fourth-order valence-electron chi connectivity index (χ4n) is 2.79. The molecule has 0 saturated carbocycles. The number of hydrogen-bond acceptors (Lipinski definition) is 3. The summed E-state index contributed by atoms with van der Waals surface area (Å²) in [5, 5.41) is 0.664. The van der Waals surface area contributed by atoms with Crippen molar-refractivity contribution in [3.05, 3.63) is 57.2 Å². The first-order valence-electron chi connectivity index (χ1n) is 7.79. The number of pyridine rings is 1. The minimum atomic E-state index is -0.515. The van der Waals surface area contributed by atoms with Crippen LogP contribution in [-0.2, 0) is 0 Å². The molecule has 26 heavy (non-hydrogen) atoms. The van der Waals surface area contributed by atoms with Crippen LogP contribution < -0.4 is 16.2 Å². The van der Waals surface area contributed by atoms with Crippen LogP contribution in [0.25, 0.3) is 22.2 Å². The Morgan fingerprint density at radius 1 is 1.19 bits per heavy atom. The predicted octanol–water partition coefficient (Wildman–Crippen LogP) is 3.24. The van der Waals surface area contributed by atoms with Gasteiger partial charge in [-0.1, -0.05) is 24.3 Å². The number of carbonyl (C=O) groups is 1. The van der Waals surface area contributed by atoms with E-state index in [4.69, 9.17) is 21.2 Å². The van der Waals surface area contributed by atoms with Crippen molar-refractivity contribution in [2.24, 2.45) is 16.5 Å². The molecule has 1 aromatic heterocycles. The zero-order valence-corrected chi connectivity index (χ0v) is 16.4. The van der Waals surface area contributed by atoms with Gasteiger partial charge in [-0.2, -0.15) is 4.99 Å². The second-order valence-corrected chi connectivity index (χ2v) is 6.85. The lowest BCUT2D eigenvalue weighted by atomic mass is 10.0. The summed E-state index contributed by atoms with van der Waals surface area (Å²) in [5.41, 5.74) is 14.4. The third-order valence-corrected chi connectivity index (χ3v) is 4.87. The highest BCUT2D eigenvalue weighted by Crippen LogP contribution is 2.34. The van der Waals surface area contributed by atoms with Gasteiger partial charge in [-0.15, -0.1) is 0 Å². The molecular weight excluding hydrogens is 443 g/mol. The molecule has 4 N–H and O–H groups in total. The van der Waals surface area contributed by atoms with Gasteiger partial charge in [0.2, 0.25) is 0 Å². The van der Waals surface area contributed by atoms with Crippen LogP contribution in [0.15, 0.2) is 47.5 Å². The molecule has 2 aromatic carbocycles. The van der Waals surface area contributed by atoms with E-state index in [1.165, 1.54) is 0 Å². The second kappa shape index (κ2) is 7.28. The molecule has 0 atom stereocenters. The second-order valence-electron chi connectivity index (χ2n) is 5.69. The van der Waals surface area contributed by atoms with E-state index < -0.39 is 5.91 Å². The number of rotatable bonds is 3. The molecule has 0 spiro atoms. The van der Waals surface area contributed by atoms with Crippen LogP contribution in [-0.4, -0.2) is 24.0 Å². The van der Waals surface area contributed by atoms with E-state index in [1.54, 1.807) is 13.2 Å². The number of guanidine groups is 1. The van der Waals surface area contributed by atoms with E-state index in [2.05, 4.69) is 27.6 Å². The SMILES string of the molecule is COc1ccc(I)c2c(C(=O)N=C(N)N)cc(-c3ccccc3C)nc12. The first kappa shape index (κ1) is 18.1. The van der Waals surface area contributed by atoms with Crippen LogP contribution in [0.5, 0.6) is 5.75 Å². The van der Waals surface area contributed by atoms with Crippen molar-refractivity contribution in [1.29, 1.82) is 0 Å². The number of nitrogens with two attached hydrogens (primary N) is 2. The lowest BCUT2D eigenvalue weighted by molar-refractivity contribution is 0.100. The predicted molar refractivity (Wildman–Crippen MR) is 111 cm³/mol. The molecule has 7 heteroatoms. The van der Waals surface area contributed by atoms with Crippen LogP contribution in [0.2, 0.25) is 0 Å². The van der Waals surface area contributed by atoms with Gasteiger partial charge in [0.05, 0.1) is 18.4 Å². The van der Waals surface area contributed by atoms with Crippen LogP contribution >= 0.6 is 22.6 Å². The molecule has 1 amide bonds. The van der Waals surface area contributed by atoms with Crippen LogP contribution in [0, 0.1) is 10.5 Å². The van der Waals surface area contributed by atoms with E-state index in [1.807, 2.05) is 43.3 Å². The van der Waals surface area contributed by atoms with E-state index in [9.17, 15) is 4.79 Å². The Morgan fingerprint density at radius 3 is 2.58 bits per heavy atom. The van der Waals surface area contributed by atoms with Gasteiger partial charge in [-0.25, -0.2) is 4.98 Å². The molecular formula is C19H17IN4O2. The van der Waals surface area contributed by atoms with Crippen molar-refractivity contribution in [3.8, 4) is 17.0 Å². The van der Waals surface area contributed by atoms with Gasteiger partial charge in [-0.05, 0) is 53.3 Å². The number of ether oxygens (including phenoxy) is 1. The lowest BCUT2D eigenvalue weighted by Crippen LogP contribution is -2.24. The third-order valence-electron chi connectivity index (χ3n) is 3.97. The molecule has 0 radical (unpaired) electrons. The van der Waals surface area contributed by atoms with E-state index in [-0.39, 0.29) is 5.96 Å². The highest BCUT2D eigenvalue weighted by molar-refractivity contribution is 14.1. The van der Waals surface area contributed by atoms with E-state index in [0.29, 0.717) is 27.9 Å². The Balaban J connectivity index is 2.41. The number of aliphatic imine (C=N–C) groups is 1. The van der Waals surface area contributed by atoms with Gasteiger partial charge in [0.15, 0.2) is 5.96 Å². The molecule has 0 aliphatic carbocycles. The van der Waals surface area contributed by atoms with Crippen LogP contribution in [0.3, 0.4) is 0 Å². The quantitative estimate of drug-likeness (QED) is 0.355. The summed E-state index contributed by atoms with van der Waals surface area (Å²) in [4.78, 5) is 21.2. The molecule has 132 valence electrons. The highest BCUT2D eigenvalue weighted by Gasteiger charge is 2.19. The minimum Gasteiger partial charge on any atom is -0.494 e. The molecule has 0 fully saturated rings. The van der Waals surface area contributed by atoms with Crippen molar-refractivity contribution >= 4 is 45.4 Å². The topological polar surface area (TPSA) is 104 Å². The maximum atomic E-state index is 12.7. The minimum absolute atomic E-state index is 0.282. The molecule has 0 aliphatic rings. The van der Waals surface area contributed by atoms with Crippen molar-refractivity contribution in [3.63, 3.8) is 0 Å². The number of halogens is 1. The normalized spacial score (nSPS) is 10.6. The first-order chi connectivity index (χ1) is 12.4. The van der Waals surface area contributed by atoms with Crippen molar-refractivity contribution in [2.45, 2.75) is 6.92 Å². The maximum absolute atomic E-state index is 12.7. The number of aromatic nitrogens is 1. The monoisotopic (exact) mass is 460 g/mol. The van der Waals surface area contributed by atoms with Crippen molar-refractivity contribution < 1.29 is 9.53 Å². The molecule has 0 aliphatic heterocycles. The largest absolute Gasteiger partial charge is 0.494 e. The highest BCUT2D eigenvalue weighted by atomic mass is 127. The van der Waals surface area contributed by atoms with Gasteiger partial charge < -0.3 is 16.2 Å². The summed E-state index contributed by atoms with van der Waals surface area (Å²) in [6, 6.07) is 13.2. The van der Waals surface area contributed by atoms with Gasteiger partial charge >= 0.3 is 0 Å². The molecule has 0 unspecified atom stereocenters. The average Bonchev–Trinajstić information content (AvgIpc) is 2.61. The summed E-state index contributed by atoms with van der Waals surface area (Å²) in [6.07, 6.45) is 0. The summed E-state index contributed by atoms with van der Waals surface area (Å²) >= 11 is 2.16. The summed E-state index contributed by atoms with van der Waals surface area (Å²) in [5.74, 6) is -0.219. The van der Waals surface area contributed by atoms with Gasteiger partial charge in [-0.3, -0.25) is 4.79 Å². The molecule has 6 nitrogen and oxygen atoms in total.